The molecule has 2 aliphatic heterocycles. The third-order valence-corrected chi connectivity index (χ3v) is 13.7. The molecule has 2 aromatic rings. The highest BCUT2D eigenvalue weighted by Crippen LogP contribution is 2.48. The van der Waals surface area contributed by atoms with Gasteiger partial charge < -0.3 is 34.5 Å². The van der Waals surface area contributed by atoms with E-state index in [1.807, 2.05) is 44.2 Å². The monoisotopic (exact) mass is 815 g/mol. The average molecular weight is 816 g/mol. The maximum Gasteiger partial charge on any atom is 0.408 e. The number of amides is 4. The highest BCUT2D eigenvalue weighted by molar-refractivity contribution is 7.91. The fourth-order valence-corrected chi connectivity index (χ4v) is 9.52. The van der Waals surface area contributed by atoms with Crippen LogP contribution in [0.2, 0.25) is 0 Å². The number of ether oxygens (including phenoxy) is 4. The van der Waals surface area contributed by atoms with E-state index in [4.69, 9.17) is 18.9 Å². The van der Waals surface area contributed by atoms with E-state index in [1.165, 1.54) is 25.3 Å². The number of pyridine rings is 1. The number of carbonyl (C=O) groups excluding carboxylic acids is 4. The summed E-state index contributed by atoms with van der Waals surface area (Å²) in [7, 11) is -1.38. The number of benzene rings is 1. The Labute approximate surface area is 332 Å². The highest BCUT2D eigenvalue weighted by Gasteiger charge is 2.64. The Kier molecular flexibility index (Phi) is 12.1. The average Bonchev–Trinajstić information content (AvgIpc) is 4.06. The molecule has 3 heterocycles. The largest absolute Gasteiger partial charge is 0.494 e. The zero-order chi connectivity index (χ0) is 41.3. The molecule has 1 aromatic carbocycles. The van der Waals surface area contributed by atoms with Gasteiger partial charge in [-0.3, -0.25) is 19.1 Å². The van der Waals surface area contributed by atoms with Gasteiger partial charge >= 0.3 is 6.09 Å². The van der Waals surface area contributed by atoms with E-state index < -0.39 is 86.4 Å². The number of allylic oxidation sites excluding steroid dienone is 1. The lowest BCUT2D eigenvalue weighted by Crippen LogP contribution is -2.59. The van der Waals surface area contributed by atoms with Crippen LogP contribution >= 0.6 is 0 Å². The van der Waals surface area contributed by atoms with Gasteiger partial charge in [0.2, 0.25) is 27.7 Å². The van der Waals surface area contributed by atoms with E-state index in [9.17, 15) is 32.0 Å². The van der Waals surface area contributed by atoms with Crippen molar-refractivity contribution in [2.24, 2.45) is 17.8 Å². The first kappa shape index (κ1) is 42.1. The van der Waals surface area contributed by atoms with E-state index in [0.29, 0.717) is 30.4 Å². The molecule has 15 nitrogen and oxygen atoms in total. The number of hydrogen-bond acceptors (Lipinski definition) is 11. The molecule has 4 aliphatic rings. The standard InChI is InChI=1S/C40H54FN5O10S/c1-24-11-7-8-12-26-19-40(26,36(49)45-57(51,52)39(22-41)15-16-39)44-33(47)30-18-27(55-34-29-14-10-9-13-28(29)31(54-6)20-42-34)21-46(30)35(48)32(25(2)17-24)43-37(50)56-38(3,4)23-53-5/h8-10,12-14,20,24-27,30,32H,7,11,15-19,21-23H2,1-6H3,(H,43,50)(H,44,47)(H,45,49)/b12-8-/t24-,25-,26-,27-,30+,32+,40-/m1/s1. The summed E-state index contributed by atoms with van der Waals surface area (Å²) in [6.07, 6.45) is 5.72. The van der Waals surface area contributed by atoms with Crippen LogP contribution in [0, 0.1) is 17.8 Å². The minimum absolute atomic E-state index is 0.0239. The van der Waals surface area contributed by atoms with Crippen molar-refractivity contribution in [3.8, 4) is 11.6 Å². The summed E-state index contributed by atoms with van der Waals surface area (Å²) in [4.78, 5) is 62.5. The van der Waals surface area contributed by atoms with Gasteiger partial charge in [-0.15, -0.1) is 0 Å². The van der Waals surface area contributed by atoms with Gasteiger partial charge in [-0.05, 0) is 70.3 Å². The molecule has 4 amide bonds. The Balaban J connectivity index is 1.35. The van der Waals surface area contributed by atoms with Crippen LogP contribution in [0.1, 0.15) is 72.6 Å². The predicted molar refractivity (Wildman–Crippen MR) is 207 cm³/mol. The number of carbonyl (C=O) groups is 4. The zero-order valence-electron chi connectivity index (χ0n) is 33.3. The summed E-state index contributed by atoms with van der Waals surface area (Å²) in [6.45, 7) is 6.14. The minimum atomic E-state index is -4.39. The second-order valence-electron chi connectivity index (χ2n) is 16.7. The number of aromatic nitrogens is 1. The second-order valence-corrected chi connectivity index (χ2v) is 18.8. The van der Waals surface area contributed by atoms with Crippen LogP contribution in [-0.4, -0.2) is 110 Å². The number of fused-ring (bicyclic) bond motifs is 3. The van der Waals surface area contributed by atoms with Crippen LogP contribution in [0.5, 0.6) is 11.6 Å². The lowest BCUT2D eigenvalue weighted by molar-refractivity contribution is -0.142. The summed E-state index contributed by atoms with van der Waals surface area (Å²) >= 11 is 0. The molecule has 3 fully saturated rings. The number of sulfonamides is 1. The van der Waals surface area contributed by atoms with E-state index in [0.717, 1.165) is 5.39 Å². The number of nitrogens with one attached hydrogen (secondary N) is 3. The zero-order valence-corrected chi connectivity index (χ0v) is 34.2. The lowest BCUT2D eigenvalue weighted by atomic mass is 9.88. The highest BCUT2D eigenvalue weighted by atomic mass is 32.2. The number of methoxy groups -OCH3 is 2. The van der Waals surface area contributed by atoms with Crippen molar-refractivity contribution in [1.82, 2.24) is 25.2 Å². The van der Waals surface area contributed by atoms with Crippen molar-refractivity contribution in [1.29, 1.82) is 0 Å². The maximum atomic E-state index is 14.8. The van der Waals surface area contributed by atoms with Crippen LogP contribution in [0.15, 0.2) is 42.6 Å². The van der Waals surface area contributed by atoms with Crippen LogP contribution < -0.4 is 24.8 Å². The van der Waals surface area contributed by atoms with Crippen LogP contribution in [0.4, 0.5) is 9.18 Å². The molecule has 0 radical (unpaired) electrons. The topological polar surface area (TPSA) is 192 Å². The quantitative estimate of drug-likeness (QED) is 0.279. The fourth-order valence-electron chi connectivity index (χ4n) is 8.09. The van der Waals surface area contributed by atoms with Crippen molar-refractivity contribution in [2.45, 2.75) is 107 Å². The maximum absolute atomic E-state index is 14.8. The Morgan fingerprint density at radius 3 is 2.49 bits per heavy atom. The van der Waals surface area contributed by atoms with Gasteiger partial charge in [0.05, 0.1) is 26.5 Å². The van der Waals surface area contributed by atoms with Crippen LogP contribution in [0.25, 0.3) is 10.8 Å². The molecular weight excluding hydrogens is 762 g/mol. The first-order valence-corrected chi connectivity index (χ1v) is 21.0. The lowest BCUT2D eigenvalue weighted by Gasteiger charge is -2.33. The van der Waals surface area contributed by atoms with Crippen molar-refractivity contribution in [2.75, 3.05) is 34.0 Å². The third kappa shape index (κ3) is 8.83. The molecule has 312 valence electrons. The van der Waals surface area contributed by atoms with Gasteiger partial charge in [-0.1, -0.05) is 44.2 Å². The van der Waals surface area contributed by atoms with Gasteiger partial charge in [-0.25, -0.2) is 22.6 Å². The summed E-state index contributed by atoms with van der Waals surface area (Å²) in [6, 6.07) is 5.01. The molecular formula is C40H54FN5O10S. The number of alkyl carbamates (subject to hydrolysis) is 1. The van der Waals surface area contributed by atoms with Crippen molar-refractivity contribution < 1.29 is 50.9 Å². The van der Waals surface area contributed by atoms with E-state index in [1.54, 1.807) is 19.9 Å². The molecule has 3 N–H and O–H groups in total. The Bertz CT molecular complexity index is 2010. The first-order valence-electron chi connectivity index (χ1n) is 19.5. The number of rotatable bonds is 11. The molecule has 0 unspecified atom stereocenters. The molecule has 57 heavy (non-hydrogen) atoms. The summed E-state index contributed by atoms with van der Waals surface area (Å²) < 4.78 is 63.5. The van der Waals surface area contributed by atoms with Crippen molar-refractivity contribution >= 4 is 44.6 Å². The van der Waals surface area contributed by atoms with E-state index in [2.05, 4.69) is 20.3 Å². The van der Waals surface area contributed by atoms with E-state index in [-0.39, 0.29) is 50.6 Å². The van der Waals surface area contributed by atoms with E-state index >= 15 is 0 Å². The molecule has 0 bridgehead atoms. The third-order valence-electron chi connectivity index (χ3n) is 11.6. The Morgan fingerprint density at radius 1 is 1.11 bits per heavy atom. The predicted octanol–water partition coefficient (Wildman–Crippen LogP) is 3.95. The Hall–Kier alpha value is -4.51. The molecule has 2 saturated carbocycles. The molecule has 2 aliphatic carbocycles. The molecule has 0 spiro atoms. The molecule has 1 aromatic heterocycles. The van der Waals surface area contributed by atoms with Crippen molar-refractivity contribution in [3.63, 3.8) is 0 Å². The van der Waals surface area contributed by atoms with Crippen molar-refractivity contribution in [3.05, 3.63) is 42.6 Å². The number of nitrogens with zero attached hydrogens (tertiary/aromatic N) is 2. The SMILES string of the molecule is COCC(C)(C)OC(=O)N[C@@H]1C(=O)N2C[C@H](Oc3ncc(OC)c4ccccc34)C[C@H]2C(=O)N[C@]2(C(=O)NS(=O)(=O)C3(CF)CC3)C[C@H]2/C=C\CC[C@@H](C)C[C@H]1C. The van der Waals surface area contributed by atoms with Crippen LogP contribution in [0.3, 0.4) is 0 Å². The summed E-state index contributed by atoms with van der Waals surface area (Å²) in [5.41, 5.74) is -2.68. The minimum Gasteiger partial charge on any atom is -0.494 e. The second kappa shape index (κ2) is 16.4. The molecule has 6 rings (SSSR count). The van der Waals surface area contributed by atoms with Gasteiger partial charge in [0.15, 0.2) is 0 Å². The summed E-state index contributed by atoms with van der Waals surface area (Å²) in [5, 5.41) is 7.00. The summed E-state index contributed by atoms with van der Waals surface area (Å²) in [5.74, 6) is -2.31. The molecule has 7 atom stereocenters. The number of hydrogen-bond donors (Lipinski definition) is 3. The smallest absolute Gasteiger partial charge is 0.408 e. The van der Waals surface area contributed by atoms with Gasteiger partial charge in [0.1, 0.15) is 46.5 Å². The molecule has 1 saturated heterocycles. The van der Waals surface area contributed by atoms with Gasteiger partial charge in [-0.2, -0.15) is 0 Å². The number of alkyl halides is 1. The first-order chi connectivity index (χ1) is 27.0. The van der Waals surface area contributed by atoms with Gasteiger partial charge in [0.25, 0.3) is 5.91 Å². The Morgan fingerprint density at radius 2 is 1.82 bits per heavy atom. The molecule has 17 heteroatoms. The normalized spacial score (nSPS) is 29.4. The van der Waals surface area contributed by atoms with Gasteiger partial charge in [0, 0.05) is 30.2 Å². The number of halogens is 1. The van der Waals surface area contributed by atoms with Crippen LogP contribution in [-0.2, 0) is 33.9 Å². The fraction of sp³-hybridized carbons (Fsp3) is 0.625.